The van der Waals surface area contributed by atoms with Crippen molar-refractivity contribution in [1.82, 2.24) is 9.80 Å². The summed E-state index contributed by atoms with van der Waals surface area (Å²) in [4.78, 5) is 30.3. The minimum atomic E-state index is -4.60. The van der Waals surface area contributed by atoms with Crippen LogP contribution >= 0.6 is 0 Å². The van der Waals surface area contributed by atoms with Crippen molar-refractivity contribution in [3.63, 3.8) is 0 Å². The van der Waals surface area contributed by atoms with Crippen LogP contribution in [0.3, 0.4) is 0 Å². The molecule has 1 N–H and O–H groups in total. The molecular weight excluding hydrogens is 461 g/mol. The molecular formula is C25H31F3N4O3. The molecule has 35 heavy (non-hydrogen) atoms. The maximum Gasteiger partial charge on any atom is 0.417 e. The van der Waals surface area contributed by atoms with Crippen molar-refractivity contribution >= 4 is 17.5 Å². The fraction of sp³-hybridized carbons (Fsp3) is 0.640. The lowest BCUT2D eigenvalue weighted by Gasteiger charge is -2.43. The predicted molar refractivity (Wildman–Crippen MR) is 122 cm³/mol. The third-order valence-corrected chi connectivity index (χ3v) is 8.19. The molecule has 3 aliphatic heterocycles. The van der Waals surface area contributed by atoms with E-state index in [1.807, 2.05) is 9.80 Å². The minimum absolute atomic E-state index is 0.0211. The molecule has 1 spiro atoms. The van der Waals surface area contributed by atoms with E-state index in [0.717, 1.165) is 6.07 Å². The predicted octanol–water partition coefficient (Wildman–Crippen LogP) is 2.87. The summed E-state index contributed by atoms with van der Waals surface area (Å²) in [6.45, 7) is 4.70. The SMILES string of the molecule is CC(=O)N1CCC(C(=O)N2CC(CO)C3(CCN(c4ccc(C#N)c(C(F)(F)F)c4)CC3)C2)CC1. The van der Waals surface area contributed by atoms with Crippen LogP contribution < -0.4 is 4.90 Å². The smallest absolute Gasteiger partial charge is 0.396 e. The molecule has 0 saturated carbocycles. The molecule has 190 valence electrons. The zero-order valence-electron chi connectivity index (χ0n) is 19.9. The number of rotatable bonds is 3. The number of anilines is 1. The standard InChI is InChI=1S/C25H31F3N4O3/c1-17(34)30-8-4-18(5-9-30)23(35)32-14-20(15-33)24(16-32)6-10-31(11-7-24)21-3-2-19(13-29)22(12-21)25(26,27)28/h2-3,12,18,20,33H,4-11,14-16H2,1H3. The normalized spacial score (nSPS) is 23.0. The van der Waals surface area contributed by atoms with Gasteiger partial charge in [-0.25, -0.2) is 0 Å². The summed E-state index contributed by atoms with van der Waals surface area (Å²) in [5.41, 5.74) is -1.16. The maximum absolute atomic E-state index is 13.4. The first-order valence-electron chi connectivity index (χ1n) is 12.1. The maximum atomic E-state index is 13.4. The number of alkyl halides is 3. The molecule has 1 aromatic carbocycles. The van der Waals surface area contributed by atoms with Gasteiger partial charge in [-0.1, -0.05) is 0 Å². The average Bonchev–Trinajstić information content (AvgIpc) is 3.21. The number of halogens is 3. The van der Waals surface area contributed by atoms with E-state index in [4.69, 9.17) is 5.26 Å². The van der Waals surface area contributed by atoms with Gasteiger partial charge in [0.1, 0.15) is 0 Å². The molecule has 1 unspecified atom stereocenters. The summed E-state index contributed by atoms with van der Waals surface area (Å²) < 4.78 is 40.2. The fourth-order valence-corrected chi connectivity index (χ4v) is 5.99. The third kappa shape index (κ3) is 4.96. The Kier molecular flexibility index (Phi) is 7.00. The van der Waals surface area contributed by atoms with E-state index < -0.39 is 17.3 Å². The fourth-order valence-electron chi connectivity index (χ4n) is 5.99. The van der Waals surface area contributed by atoms with E-state index in [-0.39, 0.29) is 35.7 Å². The Morgan fingerprint density at radius 1 is 1.14 bits per heavy atom. The number of nitrogens with zero attached hydrogens (tertiary/aromatic N) is 4. The van der Waals surface area contributed by atoms with Crippen LogP contribution in [0.15, 0.2) is 18.2 Å². The van der Waals surface area contributed by atoms with Crippen molar-refractivity contribution < 1.29 is 27.9 Å². The van der Waals surface area contributed by atoms with Crippen molar-refractivity contribution in [2.45, 2.75) is 38.8 Å². The van der Waals surface area contributed by atoms with Crippen LogP contribution in [0.25, 0.3) is 0 Å². The molecule has 0 aromatic heterocycles. The van der Waals surface area contributed by atoms with E-state index in [9.17, 15) is 27.9 Å². The van der Waals surface area contributed by atoms with Gasteiger partial charge < -0.3 is 19.8 Å². The lowest BCUT2D eigenvalue weighted by Crippen LogP contribution is -2.46. The first-order chi connectivity index (χ1) is 16.6. The number of piperidine rings is 2. The Labute approximate surface area is 203 Å². The van der Waals surface area contributed by atoms with Crippen molar-refractivity contribution in [1.29, 1.82) is 5.26 Å². The number of carbonyl (C=O) groups excluding carboxylic acids is 2. The van der Waals surface area contributed by atoms with E-state index in [0.29, 0.717) is 70.6 Å². The Morgan fingerprint density at radius 2 is 1.80 bits per heavy atom. The molecule has 4 rings (SSSR count). The van der Waals surface area contributed by atoms with Crippen molar-refractivity contribution in [3.8, 4) is 6.07 Å². The van der Waals surface area contributed by atoms with Gasteiger partial charge in [-0.15, -0.1) is 0 Å². The Hall–Kier alpha value is -2.80. The first-order valence-corrected chi connectivity index (χ1v) is 12.1. The van der Waals surface area contributed by atoms with Crippen LogP contribution in [-0.2, 0) is 15.8 Å². The van der Waals surface area contributed by atoms with Gasteiger partial charge in [-0.3, -0.25) is 9.59 Å². The van der Waals surface area contributed by atoms with Crippen LogP contribution in [-0.4, -0.2) is 72.6 Å². The third-order valence-electron chi connectivity index (χ3n) is 8.19. The quantitative estimate of drug-likeness (QED) is 0.701. The van der Waals surface area contributed by atoms with Crippen LogP contribution in [0.1, 0.15) is 43.7 Å². The van der Waals surface area contributed by atoms with Crippen LogP contribution in [0.5, 0.6) is 0 Å². The number of carbonyl (C=O) groups is 2. The minimum Gasteiger partial charge on any atom is -0.396 e. The molecule has 1 aromatic rings. The zero-order valence-corrected chi connectivity index (χ0v) is 19.9. The van der Waals surface area contributed by atoms with Gasteiger partial charge in [0.2, 0.25) is 11.8 Å². The molecule has 3 saturated heterocycles. The molecule has 2 amide bonds. The summed E-state index contributed by atoms with van der Waals surface area (Å²) in [5.74, 6) is -0.0992. The van der Waals surface area contributed by atoms with Crippen LogP contribution in [0.2, 0.25) is 0 Å². The molecule has 3 heterocycles. The molecule has 7 nitrogen and oxygen atoms in total. The van der Waals surface area contributed by atoms with E-state index >= 15 is 0 Å². The summed E-state index contributed by atoms with van der Waals surface area (Å²) in [6, 6.07) is 5.42. The van der Waals surface area contributed by atoms with Gasteiger partial charge >= 0.3 is 6.18 Å². The number of benzene rings is 1. The van der Waals surface area contributed by atoms with E-state index in [1.54, 1.807) is 17.0 Å². The largest absolute Gasteiger partial charge is 0.417 e. The monoisotopic (exact) mass is 492 g/mol. The number of aliphatic hydroxyl groups excluding tert-OH is 1. The number of nitriles is 1. The number of amides is 2. The second-order valence-electron chi connectivity index (χ2n) is 10.1. The summed E-state index contributed by atoms with van der Waals surface area (Å²) in [5, 5.41) is 19.1. The van der Waals surface area contributed by atoms with E-state index in [1.165, 1.54) is 13.0 Å². The molecule has 10 heteroatoms. The van der Waals surface area contributed by atoms with Gasteiger partial charge in [0.15, 0.2) is 0 Å². The molecule has 1 atom stereocenters. The summed E-state index contributed by atoms with van der Waals surface area (Å²) in [6.07, 6.45) is -2.01. The first kappa shape index (κ1) is 25.3. The van der Waals surface area contributed by atoms with Gasteiger partial charge in [0.25, 0.3) is 0 Å². The van der Waals surface area contributed by atoms with E-state index in [2.05, 4.69) is 0 Å². The topological polar surface area (TPSA) is 87.9 Å². The Balaban J connectivity index is 1.42. The molecule has 3 fully saturated rings. The Morgan fingerprint density at radius 3 is 2.34 bits per heavy atom. The van der Waals surface area contributed by atoms with Crippen molar-refractivity contribution in [2.24, 2.45) is 17.3 Å². The highest BCUT2D eigenvalue weighted by Gasteiger charge is 2.50. The second-order valence-corrected chi connectivity index (χ2v) is 10.1. The van der Waals surface area contributed by atoms with Crippen LogP contribution in [0.4, 0.5) is 18.9 Å². The average molecular weight is 493 g/mol. The lowest BCUT2D eigenvalue weighted by atomic mass is 9.71. The summed E-state index contributed by atoms with van der Waals surface area (Å²) >= 11 is 0. The Bertz CT molecular complexity index is 1010. The second kappa shape index (κ2) is 9.69. The molecule has 0 radical (unpaired) electrons. The highest BCUT2D eigenvalue weighted by atomic mass is 19.4. The van der Waals surface area contributed by atoms with Crippen molar-refractivity contribution in [3.05, 3.63) is 29.3 Å². The van der Waals surface area contributed by atoms with Gasteiger partial charge in [0, 0.05) is 70.3 Å². The lowest BCUT2D eigenvalue weighted by molar-refractivity contribution is -0.139. The zero-order chi connectivity index (χ0) is 25.4. The number of hydrogen-bond donors (Lipinski definition) is 1. The van der Waals surface area contributed by atoms with Crippen molar-refractivity contribution in [2.75, 3.05) is 50.8 Å². The number of likely N-dealkylation sites (tertiary alicyclic amines) is 2. The van der Waals surface area contributed by atoms with Crippen LogP contribution in [0, 0.1) is 28.6 Å². The summed E-state index contributed by atoms with van der Waals surface area (Å²) in [7, 11) is 0. The molecule has 0 aliphatic carbocycles. The number of aliphatic hydroxyl groups is 1. The highest BCUT2D eigenvalue weighted by Crippen LogP contribution is 2.46. The molecule has 3 aliphatic rings. The van der Waals surface area contributed by atoms with Gasteiger partial charge in [0.05, 0.1) is 17.2 Å². The van der Waals surface area contributed by atoms with Gasteiger partial charge in [-0.2, -0.15) is 18.4 Å². The molecule has 0 bridgehead atoms. The van der Waals surface area contributed by atoms with Gasteiger partial charge in [-0.05, 0) is 49.3 Å². The number of hydrogen-bond acceptors (Lipinski definition) is 5. The highest BCUT2D eigenvalue weighted by molar-refractivity contribution is 5.80.